The van der Waals surface area contributed by atoms with Crippen LogP contribution in [0.4, 0.5) is 0 Å². The molecule has 2 aromatic rings. The van der Waals surface area contributed by atoms with Gasteiger partial charge in [-0.2, -0.15) is 4.72 Å². The minimum Gasteiger partial charge on any atom is -0.495 e. The lowest BCUT2D eigenvalue weighted by Gasteiger charge is -2.16. The maximum atomic E-state index is 12.5. The summed E-state index contributed by atoms with van der Waals surface area (Å²) in [5, 5.41) is 2.91. The number of hydrogen-bond donors (Lipinski definition) is 2. The van der Waals surface area contributed by atoms with Crippen LogP contribution in [0.5, 0.6) is 5.75 Å². The average Bonchev–Trinajstić information content (AvgIpc) is 2.60. The molecule has 2 rings (SSSR count). The van der Waals surface area contributed by atoms with E-state index in [1.807, 2.05) is 0 Å². The van der Waals surface area contributed by atoms with Crippen LogP contribution in [-0.4, -0.2) is 32.5 Å². The van der Waals surface area contributed by atoms with Gasteiger partial charge in [0.05, 0.1) is 13.2 Å². The minimum absolute atomic E-state index is 0.128. The fourth-order valence-electron chi connectivity index (χ4n) is 2.05. The topological polar surface area (TPSA) is 97.4 Å². The van der Waals surface area contributed by atoms with Crippen LogP contribution in [0.25, 0.3) is 0 Å². The molecule has 25 heavy (non-hydrogen) atoms. The molecule has 2 N–H and O–H groups in total. The van der Waals surface area contributed by atoms with Crippen LogP contribution in [-0.2, 0) is 21.4 Å². The molecule has 0 fully saturated rings. The summed E-state index contributed by atoms with van der Waals surface area (Å²) in [5.41, 5.74) is 0.856. The number of amides is 1. The summed E-state index contributed by atoms with van der Waals surface area (Å²) in [6, 6.07) is 6.77. The van der Waals surface area contributed by atoms with Crippen molar-refractivity contribution in [3.05, 3.63) is 53.3 Å². The van der Waals surface area contributed by atoms with Crippen LogP contribution in [0.2, 0.25) is 5.02 Å². The lowest BCUT2D eigenvalue weighted by atomic mass is 10.2. The summed E-state index contributed by atoms with van der Waals surface area (Å²) in [6.07, 6.45) is 3.22. The van der Waals surface area contributed by atoms with Crippen molar-refractivity contribution >= 4 is 27.5 Å². The number of hydrogen-bond acceptors (Lipinski definition) is 5. The van der Waals surface area contributed by atoms with Crippen LogP contribution in [0, 0.1) is 0 Å². The van der Waals surface area contributed by atoms with E-state index < -0.39 is 22.0 Å². The molecule has 0 saturated heterocycles. The first-order valence-corrected chi connectivity index (χ1v) is 9.22. The molecule has 0 saturated carbocycles. The Morgan fingerprint density at radius 1 is 1.28 bits per heavy atom. The van der Waals surface area contributed by atoms with E-state index in [1.165, 1.54) is 32.2 Å². The van der Waals surface area contributed by atoms with Gasteiger partial charge in [-0.15, -0.1) is 0 Å². The Hall–Kier alpha value is -2.16. The second-order valence-electron chi connectivity index (χ2n) is 5.21. The molecule has 0 unspecified atom stereocenters. The largest absolute Gasteiger partial charge is 0.495 e. The van der Waals surface area contributed by atoms with Gasteiger partial charge in [0.25, 0.3) is 0 Å². The minimum atomic E-state index is -3.98. The molecule has 0 radical (unpaired) electrons. The summed E-state index contributed by atoms with van der Waals surface area (Å²) >= 11 is 5.86. The lowest BCUT2D eigenvalue weighted by molar-refractivity contribution is -0.122. The van der Waals surface area contributed by atoms with Crippen molar-refractivity contribution in [1.29, 1.82) is 0 Å². The Labute approximate surface area is 151 Å². The number of halogens is 1. The molecule has 0 spiro atoms. The normalized spacial score (nSPS) is 12.4. The summed E-state index contributed by atoms with van der Waals surface area (Å²) in [4.78, 5) is 15.9. The van der Waals surface area contributed by atoms with E-state index in [0.717, 1.165) is 5.56 Å². The van der Waals surface area contributed by atoms with Crippen LogP contribution in [0.3, 0.4) is 0 Å². The van der Waals surface area contributed by atoms with Gasteiger partial charge in [0, 0.05) is 24.0 Å². The number of benzene rings is 1. The highest BCUT2D eigenvalue weighted by molar-refractivity contribution is 7.89. The molecule has 1 atom stereocenters. The Bertz CT molecular complexity index is 844. The highest BCUT2D eigenvalue weighted by Gasteiger charge is 2.25. The van der Waals surface area contributed by atoms with E-state index in [0.29, 0.717) is 0 Å². The van der Waals surface area contributed by atoms with E-state index in [4.69, 9.17) is 16.3 Å². The lowest BCUT2D eigenvalue weighted by Crippen LogP contribution is -2.44. The van der Waals surface area contributed by atoms with Crippen molar-refractivity contribution in [2.75, 3.05) is 7.11 Å². The first kappa shape index (κ1) is 19.2. The predicted octanol–water partition coefficient (Wildman–Crippen LogP) is 1.73. The molecule has 7 nitrogen and oxygen atoms in total. The number of pyridine rings is 1. The second-order valence-corrected chi connectivity index (χ2v) is 7.33. The molecule has 1 heterocycles. The van der Waals surface area contributed by atoms with Gasteiger partial charge >= 0.3 is 0 Å². The number of carbonyl (C=O) groups is 1. The number of ether oxygens (including phenoxy) is 1. The van der Waals surface area contributed by atoms with E-state index in [-0.39, 0.29) is 22.2 Å². The van der Waals surface area contributed by atoms with Crippen LogP contribution in [0.1, 0.15) is 12.5 Å². The molecule has 1 aromatic carbocycles. The Balaban J connectivity index is 2.06. The zero-order chi connectivity index (χ0) is 18.4. The maximum Gasteiger partial charge on any atom is 0.245 e. The molecular weight excluding hydrogens is 366 g/mol. The number of sulfonamides is 1. The summed E-state index contributed by atoms with van der Waals surface area (Å²) in [7, 11) is -2.63. The molecule has 0 bridgehead atoms. The van der Waals surface area contributed by atoms with Crippen molar-refractivity contribution < 1.29 is 17.9 Å². The molecule has 1 aromatic heterocycles. The quantitative estimate of drug-likeness (QED) is 0.758. The average molecular weight is 384 g/mol. The number of rotatable bonds is 7. The number of nitrogens with one attached hydrogen (secondary N) is 2. The molecule has 9 heteroatoms. The Kier molecular flexibility index (Phi) is 6.35. The molecular formula is C16H18ClN3O4S. The monoisotopic (exact) mass is 383 g/mol. The smallest absolute Gasteiger partial charge is 0.245 e. The van der Waals surface area contributed by atoms with Gasteiger partial charge in [-0.1, -0.05) is 11.6 Å². The van der Waals surface area contributed by atoms with Crippen molar-refractivity contribution in [2.45, 2.75) is 24.4 Å². The van der Waals surface area contributed by atoms with Crippen molar-refractivity contribution in [3.8, 4) is 5.75 Å². The third-order valence-electron chi connectivity index (χ3n) is 3.36. The SMILES string of the molecule is COc1ccc(Cl)cc1S(=O)(=O)N[C@@H](C)C(=O)NCc1ccncc1. The van der Waals surface area contributed by atoms with Crippen LogP contribution >= 0.6 is 11.6 Å². The van der Waals surface area contributed by atoms with E-state index in [1.54, 1.807) is 24.5 Å². The van der Waals surface area contributed by atoms with Gasteiger partial charge in [-0.25, -0.2) is 8.42 Å². The van der Waals surface area contributed by atoms with E-state index in [9.17, 15) is 13.2 Å². The zero-order valence-electron chi connectivity index (χ0n) is 13.7. The maximum absolute atomic E-state index is 12.5. The van der Waals surface area contributed by atoms with Gasteiger partial charge in [0.15, 0.2) is 0 Å². The summed E-state index contributed by atoms with van der Waals surface area (Å²) in [6.45, 7) is 1.73. The van der Waals surface area contributed by atoms with Gasteiger partial charge in [0.1, 0.15) is 10.6 Å². The predicted molar refractivity (Wildman–Crippen MR) is 93.9 cm³/mol. The van der Waals surface area contributed by atoms with Gasteiger partial charge < -0.3 is 10.1 Å². The number of methoxy groups -OCH3 is 1. The van der Waals surface area contributed by atoms with E-state index >= 15 is 0 Å². The first-order chi connectivity index (χ1) is 11.8. The third-order valence-corrected chi connectivity index (χ3v) is 5.15. The van der Waals surface area contributed by atoms with Crippen molar-refractivity contribution in [2.24, 2.45) is 0 Å². The van der Waals surface area contributed by atoms with Crippen molar-refractivity contribution in [1.82, 2.24) is 15.0 Å². The van der Waals surface area contributed by atoms with E-state index in [2.05, 4.69) is 15.0 Å². The van der Waals surface area contributed by atoms with Crippen LogP contribution in [0.15, 0.2) is 47.6 Å². The first-order valence-electron chi connectivity index (χ1n) is 7.36. The molecule has 0 aliphatic heterocycles. The zero-order valence-corrected chi connectivity index (χ0v) is 15.3. The Morgan fingerprint density at radius 3 is 2.60 bits per heavy atom. The molecule has 0 aliphatic rings. The van der Waals surface area contributed by atoms with Crippen LogP contribution < -0.4 is 14.8 Å². The standard InChI is InChI=1S/C16H18ClN3O4S/c1-11(16(21)19-10-12-5-7-18-8-6-12)20-25(22,23)15-9-13(17)3-4-14(15)24-2/h3-9,11,20H,10H2,1-2H3,(H,19,21)/t11-/m0/s1. The third kappa shape index (κ3) is 5.15. The highest BCUT2D eigenvalue weighted by Crippen LogP contribution is 2.27. The number of aromatic nitrogens is 1. The Morgan fingerprint density at radius 2 is 1.96 bits per heavy atom. The van der Waals surface area contributed by atoms with Gasteiger partial charge in [-0.3, -0.25) is 9.78 Å². The number of nitrogens with zero attached hydrogens (tertiary/aromatic N) is 1. The van der Waals surface area contributed by atoms with Gasteiger partial charge in [-0.05, 0) is 42.8 Å². The fraction of sp³-hybridized carbons (Fsp3) is 0.250. The molecule has 134 valence electrons. The summed E-state index contributed by atoms with van der Waals surface area (Å²) in [5.74, 6) is -0.317. The number of carbonyl (C=O) groups excluding carboxylic acids is 1. The second kappa shape index (κ2) is 8.28. The van der Waals surface area contributed by atoms with Crippen molar-refractivity contribution in [3.63, 3.8) is 0 Å². The van der Waals surface area contributed by atoms with Gasteiger partial charge in [0.2, 0.25) is 15.9 Å². The molecule has 0 aliphatic carbocycles. The summed E-state index contributed by atoms with van der Waals surface area (Å²) < 4.78 is 32.4. The fourth-order valence-corrected chi connectivity index (χ4v) is 3.69. The highest BCUT2D eigenvalue weighted by atomic mass is 35.5. The molecule has 1 amide bonds.